The van der Waals surface area contributed by atoms with Crippen LogP contribution in [-0.2, 0) is 0 Å². The van der Waals surface area contributed by atoms with Crippen LogP contribution in [0.4, 0.5) is 5.69 Å². The van der Waals surface area contributed by atoms with Crippen molar-refractivity contribution >= 4 is 17.8 Å². The number of rotatable bonds is 5. The second-order valence-corrected chi connectivity index (χ2v) is 4.84. The summed E-state index contributed by atoms with van der Waals surface area (Å²) in [6.07, 6.45) is 2.64. The molecule has 1 amide bonds. The van der Waals surface area contributed by atoms with E-state index < -0.39 is 10.8 Å². The topological polar surface area (TPSA) is 131 Å². The van der Waals surface area contributed by atoms with E-state index >= 15 is 0 Å². The van der Waals surface area contributed by atoms with Gasteiger partial charge >= 0.3 is 5.91 Å². The molecular formula is C16H11N3O6. The lowest BCUT2D eigenvalue weighted by atomic mass is 10.1. The molecule has 9 nitrogen and oxygen atoms in total. The monoisotopic (exact) mass is 341 g/mol. The minimum Gasteiger partial charge on any atom is -0.507 e. The molecule has 0 aliphatic carbocycles. The number of phenolic OH excluding ortho intramolecular Hbond substituents is 1. The van der Waals surface area contributed by atoms with Crippen molar-refractivity contribution in [3.63, 3.8) is 0 Å². The number of nitrogens with one attached hydrogen (secondary N) is 1. The van der Waals surface area contributed by atoms with Gasteiger partial charge in [-0.2, -0.15) is 5.10 Å². The Balaban J connectivity index is 1.71. The molecule has 3 aromatic rings. The number of hydrogen-bond donors (Lipinski definition) is 2. The molecule has 3 rings (SSSR count). The van der Waals surface area contributed by atoms with E-state index in [2.05, 4.69) is 10.5 Å². The first-order chi connectivity index (χ1) is 12.0. The second-order valence-electron chi connectivity index (χ2n) is 4.84. The Hall–Kier alpha value is -3.88. The third kappa shape index (κ3) is 3.55. The van der Waals surface area contributed by atoms with Crippen molar-refractivity contribution in [1.29, 1.82) is 0 Å². The maximum atomic E-state index is 11.6. The zero-order valence-electron chi connectivity index (χ0n) is 12.6. The average Bonchev–Trinajstić information content (AvgIpc) is 3.26. The maximum absolute atomic E-state index is 11.6. The molecule has 2 aromatic heterocycles. The molecule has 0 radical (unpaired) electrons. The molecule has 0 spiro atoms. The summed E-state index contributed by atoms with van der Waals surface area (Å²) in [5, 5.41) is 24.3. The molecule has 2 N–H and O–H groups in total. The average molecular weight is 341 g/mol. The lowest BCUT2D eigenvalue weighted by molar-refractivity contribution is -0.384. The van der Waals surface area contributed by atoms with Gasteiger partial charge in [0.05, 0.1) is 29.0 Å². The van der Waals surface area contributed by atoms with Crippen molar-refractivity contribution in [1.82, 2.24) is 5.43 Å². The van der Waals surface area contributed by atoms with Crippen LogP contribution in [0.15, 0.2) is 62.7 Å². The molecule has 126 valence electrons. The standard InChI is InChI=1S/C16H11N3O6/c20-13-8-10(19(22)23)3-5-12(13)14-6-4-11(25-14)9-17-18-16(21)15-2-1-7-24-15/h1-9,20H,(H,18,21)/b17-9-. The van der Waals surface area contributed by atoms with Crippen molar-refractivity contribution in [3.8, 4) is 17.1 Å². The Kier molecular flexibility index (Phi) is 4.29. The van der Waals surface area contributed by atoms with Crippen LogP contribution in [-0.4, -0.2) is 22.2 Å². The summed E-state index contributed by atoms with van der Waals surface area (Å²) in [6, 6.07) is 9.88. The van der Waals surface area contributed by atoms with Crippen molar-refractivity contribution in [2.24, 2.45) is 5.10 Å². The van der Waals surface area contributed by atoms with Gasteiger partial charge in [0.15, 0.2) is 5.76 Å². The first-order valence-electron chi connectivity index (χ1n) is 6.99. The van der Waals surface area contributed by atoms with Gasteiger partial charge in [-0.1, -0.05) is 0 Å². The molecule has 0 aliphatic heterocycles. The lowest BCUT2D eigenvalue weighted by Gasteiger charge is -2.00. The molecule has 0 aliphatic rings. The van der Waals surface area contributed by atoms with Crippen molar-refractivity contribution in [3.05, 3.63) is 70.4 Å². The number of nitro groups is 1. The maximum Gasteiger partial charge on any atom is 0.307 e. The molecule has 0 fully saturated rings. The summed E-state index contributed by atoms with van der Waals surface area (Å²) in [4.78, 5) is 21.7. The lowest BCUT2D eigenvalue weighted by Crippen LogP contribution is -2.16. The molecule has 25 heavy (non-hydrogen) atoms. The van der Waals surface area contributed by atoms with E-state index in [1.807, 2.05) is 0 Å². The molecule has 9 heteroatoms. The fourth-order valence-electron chi connectivity index (χ4n) is 2.03. The smallest absolute Gasteiger partial charge is 0.307 e. The van der Waals surface area contributed by atoms with Crippen LogP contribution in [0.5, 0.6) is 5.75 Å². The third-order valence-electron chi connectivity index (χ3n) is 3.19. The molecule has 0 atom stereocenters. The van der Waals surface area contributed by atoms with Gasteiger partial charge in [0.25, 0.3) is 5.69 Å². The number of hydrazone groups is 1. The summed E-state index contributed by atoms with van der Waals surface area (Å²) in [6.45, 7) is 0. The SMILES string of the molecule is O=C(N/N=C\c1ccc(-c2ccc([N+](=O)[O-])cc2O)o1)c1ccco1. The van der Waals surface area contributed by atoms with Gasteiger partial charge in [0.1, 0.15) is 17.3 Å². The Morgan fingerprint density at radius 2 is 2.12 bits per heavy atom. The van der Waals surface area contributed by atoms with Crippen molar-refractivity contribution in [2.45, 2.75) is 0 Å². The van der Waals surface area contributed by atoms with Crippen molar-refractivity contribution in [2.75, 3.05) is 0 Å². The number of benzene rings is 1. The van der Waals surface area contributed by atoms with Crippen LogP contribution in [0, 0.1) is 10.1 Å². The number of nitro benzene ring substituents is 1. The summed E-state index contributed by atoms with van der Waals surface area (Å²) in [5.74, 6) is -0.0639. The highest BCUT2D eigenvalue weighted by Crippen LogP contribution is 2.33. The van der Waals surface area contributed by atoms with Crippen LogP contribution in [0.2, 0.25) is 0 Å². The predicted octanol–water partition coefficient (Wildman–Crippen LogP) is 2.92. The van der Waals surface area contributed by atoms with Gasteiger partial charge in [0, 0.05) is 6.07 Å². The largest absolute Gasteiger partial charge is 0.507 e. The number of nitrogens with zero attached hydrogens (tertiary/aromatic N) is 2. The van der Waals surface area contributed by atoms with E-state index in [1.165, 1.54) is 30.7 Å². The number of phenols is 1. The number of amides is 1. The predicted molar refractivity (Wildman–Crippen MR) is 86.2 cm³/mol. The van der Waals surface area contributed by atoms with Crippen LogP contribution in [0.25, 0.3) is 11.3 Å². The van der Waals surface area contributed by atoms with Gasteiger partial charge in [-0.25, -0.2) is 5.43 Å². The molecule has 1 aromatic carbocycles. The first-order valence-corrected chi connectivity index (χ1v) is 6.99. The summed E-state index contributed by atoms with van der Waals surface area (Å²) in [7, 11) is 0. The summed E-state index contributed by atoms with van der Waals surface area (Å²) < 4.78 is 10.4. The van der Waals surface area contributed by atoms with E-state index in [0.717, 1.165) is 6.07 Å². The normalized spacial score (nSPS) is 10.9. The van der Waals surface area contributed by atoms with Crippen molar-refractivity contribution < 1.29 is 23.7 Å². The van der Waals surface area contributed by atoms with Crippen LogP contribution >= 0.6 is 0 Å². The molecule has 0 saturated heterocycles. The molecule has 2 heterocycles. The number of furan rings is 2. The quantitative estimate of drug-likeness (QED) is 0.417. The Morgan fingerprint density at radius 3 is 2.80 bits per heavy atom. The second kappa shape index (κ2) is 6.71. The number of aromatic hydroxyl groups is 1. The minimum absolute atomic E-state index is 0.119. The minimum atomic E-state index is -0.606. The zero-order chi connectivity index (χ0) is 17.8. The Morgan fingerprint density at radius 1 is 1.28 bits per heavy atom. The van der Waals surface area contributed by atoms with Gasteiger partial charge in [-0.15, -0.1) is 0 Å². The Labute approximate surface area is 140 Å². The van der Waals surface area contributed by atoms with Gasteiger partial charge < -0.3 is 13.9 Å². The molecule has 0 bridgehead atoms. The van der Waals surface area contributed by atoms with E-state index in [9.17, 15) is 20.0 Å². The van der Waals surface area contributed by atoms with Crippen LogP contribution in [0.3, 0.4) is 0 Å². The highest BCUT2D eigenvalue weighted by atomic mass is 16.6. The summed E-state index contributed by atoms with van der Waals surface area (Å²) >= 11 is 0. The fraction of sp³-hybridized carbons (Fsp3) is 0. The first kappa shape index (κ1) is 16.0. The zero-order valence-corrected chi connectivity index (χ0v) is 12.6. The van der Waals surface area contributed by atoms with Gasteiger partial charge in [-0.3, -0.25) is 14.9 Å². The van der Waals surface area contributed by atoms with Crippen LogP contribution < -0.4 is 5.43 Å². The number of carbonyl (C=O) groups excluding carboxylic acids is 1. The third-order valence-corrected chi connectivity index (χ3v) is 3.19. The van der Waals surface area contributed by atoms with E-state index in [-0.39, 0.29) is 17.2 Å². The van der Waals surface area contributed by atoms with Gasteiger partial charge in [-0.05, 0) is 30.3 Å². The number of non-ortho nitro benzene ring substituents is 1. The molecular weight excluding hydrogens is 330 g/mol. The van der Waals surface area contributed by atoms with E-state index in [1.54, 1.807) is 18.2 Å². The van der Waals surface area contributed by atoms with Gasteiger partial charge in [0.2, 0.25) is 0 Å². The van der Waals surface area contributed by atoms with E-state index in [0.29, 0.717) is 17.1 Å². The Bertz CT molecular complexity index is 943. The van der Waals surface area contributed by atoms with E-state index in [4.69, 9.17) is 8.83 Å². The number of carbonyl (C=O) groups is 1. The fourth-order valence-corrected chi connectivity index (χ4v) is 2.03. The highest BCUT2D eigenvalue weighted by Gasteiger charge is 2.14. The molecule has 0 unspecified atom stereocenters. The molecule has 0 saturated carbocycles. The summed E-state index contributed by atoms with van der Waals surface area (Å²) in [5.41, 5.74) is 2.34. The highest BCUT2D eigenvalue weighted by molar-refractivity contribution is 5.92. The van der Waals surface area contributed by atoms with Crippen LogP contribution in [0.1, 0.15) is 16.3 Å². The number of hydrogen-bond acceptors (Lipinski definition) is 7.